The van der Waals surface area contributed by atoms with Crippen LogP contribution in [0.1, 0.15) is 21.2 Å². The lowest BCUT2D eigenvalue weighted by Crippen LogP contribution is -2.07. The number of rotatable bonds is 3. The van der Waals surface area contributed by atoms with Crippen molar-refractivity contribution in [3.63, 3.8) is 0 Å². The van der Waals surface area contributed by atoms with Crippen molar-refractivity contribution in [1.82, 2.24) is 0 Å². The molecule has 3 rings (SSSR count). The summed E-state index contributed by atoms with van der Waals surface area (Å²) in [4.78, 5) is 13.3. The summed E-state index contributed by atoms with van der Waals surface area (Å²) in [5, 5.41) is -0.0907. The minimum Gasteiger partial charge on any atom is -0.465 e. The maximum absolute atomic E-state index is 11.9. The largest absolute Gasteiger partial charge is 0.465 e. The molecule has 2 aromatic carbocycles. The Morgan fingerprint density at radius 3 is 2.59 bits per heavy atom. The molecule has 1 unspecified atom stereocenters. The van der Waals surface area contributed by atoms with Gasteiger partial charge in [-0.25, -0.2) is 4.79 Å². The Bertz CT molecular complexity index is 701. The highest BCUT2D eigenvalue weighted by Gasteiger charge is 2.39. The first-order valence-electron chi connectivity index (χ1n) is 6.72. The zero-order chi connectivity index (χ0) is 15.7. The Kier molecular flexibility index (Phi) is 4.18. The molecule has 4 nitrogen and oxygen atoms in total. The molecule has 116 valence electrons. The van der Waals surface area contributed by atoms with Crippen LogP contribution in [0.25, 0.3) is 0 Å². The van der Waals surface area contributed by atoms with Gasteiger partial charge in [0.2, 0.25) is 0 Å². The van der Waals surface area contributed by atoms with Crippen LogP contribution in [0.3, 0.4) is 0 Å². The van der Waals surface area contributed by atoms with E-state index in [4.69, 9.17) is 4.74 Å². The van der Waals surface area contributed by atoms with E-state index in [1.807, 2.05) is 36.4 Å². The second-order valence-corrected chi connectivity index (χ2v) is 8.32. The zero-order valence-corrected chi connectivity index (χ0v) is 13.6. The van der Waals surface area contributed by atoms with Gasteiger partial charge in [0.15, 0.2) is 0 Å². The van der Waals surface area contributed by atoms with E-state index >= 15 is 0 Å². The summed E-state index contributed by atoms with van der Waals surface area (Å²) in [6, 6.07) is 15.0. The summed E-state index contributed by atoms with van der Waals surface area (Å²) in [5.74, 6) is -0.321. The van der Waals surface area contributed by atoms with Gasteiger partial charge in [0.25, 0.3) is 0 Å². The van der Waals surface area contributed by atoms with Crippen LogP contribution in [0.4, 0.5) is 0 Å². The Morgan fingerprint density at radius 1 is 1.18 bits per heavy atom. The Morgan fingerprint density at radius 2 is 1.91 bits per heavy atom. The predicted octanol–water partition coefficient (Wildman–Crippen LogP) is 4.43. The molecule has 2 aromatic rings. The minimum absolute atomic E-state index is 0.0907. The molecular formula is C16H16O4S2. The second kappa shape index (κ2) is 5.96. The SMILES string of the molecule is COC(=O)c1cccc2c1S(O)(O)CC2Sc1ccccc1. The van der Waals surface area contributed by atoms with E-state index in [2.05, 4.69) is 0 Å². The van der Waals surface area contributed by atoms with E-state index in [1.165, 1.54) is 7.11 Å². The van der Waals surface area contributed by atoms with E-state index in [9.17, 15) is 13.9 Å². The summed E-state index contributed by atoms with van der Waals surface area (Å²) in [5.41, 5.74) is 1.05. The molecule has 6 heteroatoms. The van der Waals surface area contributed by atoms with Crippen LogP contribution in [-0.4, -0.2) is 27.9 Å². The Labute approximate surface area is 134 Å². The second-order valence-electron chi connectivity index (χ2n) is 4.97. The first-order valence-corrected chi connectivity index (χ1v) is 9.31. The lowest BCUT2D eigenvalue weighted by Gasteiger charge is -2.28. The van der Waals surface area contributed by atoms with Crippen molar-refractivity contribution in [2.75, 3.05) is 12.9 Å². The molecule has 1 atom stereocenters. The fraction of sp³-hybridized carbons (Fsp3) is 0.188. The number of ether oxygens (including phenoxy) is 1. The minimum atomic E-state index is -2.98. The summed E-state index contributed by atoms with van der Waals surface area (Å²) < 4.78 is 25.6. The number of esters is 1. The van der Waals surface area contributed by atoms with Gasteiger partial charge >= 0.3 is 5.97 Å². The molecule has 1 heterocycles. The van der Waals surface area contributed by atoms with Gasteiger partial charge in [0, 0.05) is 4.90 Å². The topological polar surface area (TPSA) is 66.8 Å². The molecule has 0 saturated carbocycles. The van der Waals surface area contributed by atoms with Crippen molar-refractivity contribution in [3.05, 3.63) is 59.7 Å². The number of fused-ring (bicyclic) bond motifs is 1. The number of hydrogen-bond donors (Lipinski definition) is 2. The standard InChI is InChI=1S/C16H16O4S2/c1-20-16(17)13-9-5-8-12-14(10-22(18,19)15(12)13)21-11-6-3-2-4-7-11/h2-9,14,18-19H,10H2,1H3. The van der Waals surface area contributed by atoms with Gasteiger partial charge in [-0.1, -0.05) is 30.3 Å². The van der Waals surface area contributed by atoms with Gasteiger partial charge in [-0.2, -0.15) is 10.6 Å². The molecule has 1 aliphatic rings. The smallest absolute Gasteiger partial charge is 0.339 e. The van der Waals surface area contributed by atoms with E-state index in [0.29, 0.717) is 4.90 Å². The van der Waals surface area contributed by atoms with Crippen LogP contribution in [0.15, 0.2) is 58.3 Å². The highest BCUT2D eigenvalue weighted by atomic mass is 32.3. The molecule has 0 aliphatic carbocycles. The van der Waals surface area contributed by atoms with E-state index < -0.39 is 16.6 Å². The normalized spacial score (nSPS) is 20.2. The van der Waals surface area contributed by atoms with Crippen LogP contribution in [0.5, 0.6) is 0 Å². The molecule has 0 aromatic heterocycles. The van der Waals surface area contributed by atoms with Gasteiger partial charge in [-0.05, 0) is 23.8 Å². The van der Waals surface area contributed by atoms with E-state index in [0.717, 1.165) is 10.5 Å². The van der Waals surface area contributed by atoms with Crippen LogP contribution in [0, 0.1) is 0 Å². The fourth-order valence-electron chi connectivity index (χ4n) is 2.59. The third-order valence-corrected chi connectivity index (χ3v) is 6.90. The quantitative estimate of drug-likeness (QED) is 0.812. The highest BCUT2D eigenvalue weighted by Crippen LogP contribution is 2.63. The molecule has 0 spiro atoms. The summed E-state index contributed by atoms with van der Waals surface area (Å²) >= 11 is 1.57. The molecule has 0 fully saturated rings. The third-order valence-electron chi connectivity index (χ3n) is 3.53. The monoisotopic (exact) mass is 336 g/mol. The average molecular weight is 336 g/mol. The van der Waals surface area contributed by atoms with Crippen molar-refractivity contribution >= 4 is 28.3 Å². The molecular weight excluding hydrogens is 320 g/mol. The molecule has 0 bridgehead atoms. The number of benzene rings is 2. The number of carbonyl (C=O) groups is 1. The third kappa shape index (κ3) is 2.75. The van der Waals surface area contributed by atoms with Crippen molar-refractivity contribution in [3.8, 4) is 0 Å². The molecule has 0 saturated heterocycles. The van der Waals surface area contributed by atoms with E-state index in [1.54, 1.807) is 23.9 Å². The molecule has 2 N–H and O–H groups in total. The Balaban J connectivity index is 2.02. The Hall–Kier alpha value is -1.47. The maximum atomic E-state index is 11.9. The highest BCUT2D eigenvalue weighted by molar-refractivity contribution is 8.25. The van der Waals surface area contributed by atoms with Crippen molar-refractivity contribution in [2.24, 2.45) is 0 Å². The summed E-state index contributed by atoms with van der Waals surface area (Å²) in [7, 11) is -1.69. The van der Waals surface area contributed by atoms with Crippen molar-refractivity contribution in [2.45, 2.75) is 15.0 Å². The fourth-order valence-corrected chi connectivity index (χ4v) is 6.33. The van der Waals surface area contributed by atoms with Gasteiger partial charge in [-0.15, -0.1) is 11.8 Å². The first-order chi connectivity index (χ1) is 10.5. The number of methoxy groups -OCH3 is 1. The summed E-state index contributed by atoms with van der Waals surface area (Å²) in [6.45, 7) is 0. The molecule has 0 radical (unpaired) electrons. The van der Waals surface area contributed by atoms with Gasteiger partial charge < -0.3 is 4.74 Å². The van der Waals surface area contributed by atoms with E-state index in [-0.39, 0.29) is 16.6 Å². The number of thioether (sulfide) groups is 1. The molecule has 22 heavy (non-hydrogen) atoms. The maximum Gasteiger partial charge on any atom is 0.339 e. The van der Waals surface area contributed by atoms with Crippen molar-refractivity contribution < 1.29 is 18.6 Å². The van der Waals surface area contributed by atoms with Crippen LogP contribution in [0.2, 0.25) is 0 Å². The van der Waals surface area contributed by atoms with Gasteiger partial charge in [-0.3, -0.25) is 9.11 Å². The average Bonchev–Trinajstić information content (AvgIpc) is 2.78. The van der Waals surface area contributed by atoms with Crippen LogP contribution < -0.4 is 0 Å². The van der Waals surface area contributed by atoms with Crippen molar-refractivity contribution in [1.29, 1.82) is 0 Å². The lowest BCUT2D eigenvalue weighted by molar-refractivity contribution is 0.0596. The van der Waals surface area contributed by atoms with Gasteiger partial charge in [0.05, 0.1) is 28.6 Å². The molecule has 1 aliphatic heterocycles. The lowest BCUT2D eigenvalue weighted by atomic mass is 10.1. The van der Waals surface area contributed by atoms with Crippen LogP contribution in [-0.2, 0) is 4.74 Å². The summed E-state index contributed by atoms with van der Waals surface area (Å²) in [6.07, 6.45) is 0. The zero-order valence-electron chi connectivity index (χ0n) is 11.9. The van der Waals surface area contributed by atoms with Gasteiger partial charge in [0.1, 0.15) is 0 Å². The van der Waals surface area contributed by atoms with Crippen LogP contribution >= 0.6 is 22.4 Å². The number of hydrogen-bond acceptors (Lipinski definition) is 5. The predicted molar refractivity (Wildman–Crippen MR) is 88.8 cm³/mol. The first kappa shape index (κ1) is 15.4. The number of carbonyl (C=O) groups excluding carboxylic acids is 1. The molecule has 0 amide bonds.